The van der Waals surface area contributed by atoms with Gasteiger partial charge in [0.25, 0.3) is 0 Å². The van der Waals surface area contributed by atoms with E-state index in [0.717, 1.165) is 70.1 Å². The summed E-state index contributed by atoms with van der Waals surface area (Å²) >= 11 is 0. The Balaban J connectivity index is 1.29. The third-order valence-electron chi connectivity index (χ3n) is 6.17. The summed E-state index contributed by atoms with van der Waals surface area (Å²) in [5, 5.41) is 6.88. The van der Waals surface area contributed by atoms with Crippen molar-refractivity contribution in [2.45, 2.75) is 64.3 Å². The Bertz CT molecular complexity index is 683. The van der Waals surface area contributed by atoms with E-state index in [2.05, 4.69) is 39.6 Å². The third-order valence-corrected chi connectivity index (χ3v) is 6.17. The fraction of sp³-hybridized carbons (Fsp3) is 0.667. The summed E-state index contributed by atoms with van der Waals surface area (Å²) in [7, 11) is 1.80. The predicted molar refractivity (Wildman–Crippen MR) is 122 cm³/mol. The molecule has 1 unspecified atom stereocenters. The Hall–Kier alpha value is -2.24. The van der Waals surface area contributed by atoms with Crippen LogP contribution in [0.1, 0.15) is 56.9 Å². The highest BCUT2D eigenvalue weighted by Crippen LogP contribution is 2.26. The summed E-state index contributed by atoms with van der Waals surface area (Å²) in [6.45, 7) is 5.31. The molecule has 2 N–H and O–H groups in total. The highest BCUT2D eigenvalue weighted by atomic mass is 16.5. The maximum atomic E-state index is 12.7. The van der Waals surface area contributed by atoms with Crippen LogP contribution in [0.2, 0.25) is 0 Å². The highest BCUT2D eigenvalue weighted by Gasteiger charge is 2.31. The summed E-state index contributed by atoms with van der Waals surface area (Å²) < 4.78 is 5.78. The lowest BCUT2D eigenvalue weighted by Gasteiger charge is -2.26. The predicted octanol–water partition coefficient (Wildman–Crippen LogP) is 3.50. The molecule has 0 bridgehead atoms. The molecule has 1 saturated carbocycles. The Labute approximate surface area is 181 Å². The minimum Gasteiger partial charge on any atom is -0.494 e. The first-order valence-corrected chi connectivity index (χ1v) is 11.6. The molecule has 30 heavy (non-hydrogen) atoms. The number of hydrogen-bond acceptors (Lipinski definition) is 3. The molecule has 0 radical (unpaired) electrons. The first kappa shape index (κ1) is 22.4. The van der Waals surface area contributed by atoms with E-state index in [0.29, 0.717) is 5.91 Å². The smallest absolute Gasteiger partial charge is 0.225 e. The van der Waals surface area contributed by atoms with Gasteiger partial charge in [0, 0.05) is 38.6 Å². The monoisotopic (exact) mass is 414 g/mol. The van der Waals surface area contributed by atoms with E-state index in [1.54, 1.807) is 7.05 Å². The average Bonchev–Trinajstić information content (AvgIpc) is 3.25. The molecule has 6 heteroatoms. The van der Waals surface area contributed by atoms with Crippen molar-refractivity contribution in [3.05, 3.63) is 29.8 Å². The van der Waals surface area contributed by atoms with Gasteiger partial charge >= 0.3 is 0 Å². The van der Waals surface area contributed by atoms with Crippen LogP contribution in [0, 0.1) is 12.8 Å². The lowest BCUT2D eigenvalue weighted by Crippen LogP contribution is -2.45. The number of hydrogen-bond donors (Lipinski definition) is 2. The van der Waals surface area contributed by atoms with Crippen LogP contribution < -0.4 is 15.4 Å². The van der Waals surface area contributed by atoms with Crippen molar-refractivity contribution in [3.63, 3.8) is 0 Å². The second-order valence-corrected chi connectivity index (χ2v) is 8.62. The molecule has 1 saturated heterocycles. The van der Waals surface area contributed by atoms with Gasteiger partial charge in [-0.05, 0) is 51.2 Å². The van der Waals surface area contributed by atoms with E-state index in [9.17, 15) is 4.79 Å². The first-order valence-electron chi connectivity index (χ1n) is 11.6. The lowest BCUT2D eigenvalue weighted by molar-refractivity contribution is -0.135. The molecule has 2 aliphatic rings. The summed E-state index contributed by atoms with van der Waals surface area (Å²) in [4.78, 5) is 19.1. The molecule has 1 heterocycles. The number of carbonyl (C=O) groups is 1. The number of amides is 1. The molecule has 1 atom stereocenters. The average molecular weight is 415 g/mol. The van der Waals surface area contributed by atoms with Crippen LogP contribution in [-0.2, 0) is 4.79 Å². The summed E-state index contributed by atoms with van der Waals surface area (Å²) in [5.74, 6) is 2.39. The number of aryl methyl sites for hydroxylation is 1. The number of unbranched alkanes of at least 4 members (excludes halogenated alkanes) is 1. The van der Waals surface area contributed by atoms with Crippen molar-refractivity contribution >= 4 is 11.9 Å². The van der Waals surface area contributed by atoms with E-state index < -0.39 is 0 Å². The maximum absolute atomic E-state index is 12.7. The van der Waals surface area contributed by atoms with Gasteiger partial charge in [-0.1, -0.05) is 37.0 Å². The van der Waals surface area contributed by atoms with Gasteiger partial charge in [-0.2, -0.15) is 0 Å². The van der Waals surface area contributed by atoms with Gasteiger partial charge < -0.3 is 20.3 Å². The van der Waals surface area contributed by atoms with E-state index in [4.69, 9.17) is 4.74 Å². The van der Waals surface area contributed by atoms with Crippen LogP contribution in [0.5, 0.6) is 5.75 Å². The molecule has 166 valence electrons. The van der Waals surface area contributed by atoms with Gasteiger partial charge in [-0.15, -0.1) is 0 Å². The van der Waals surface area contributed by atoms with E-state index in [1.807, 2.05) is 12.1 Å². The quantitative estimate of drug-likeness (QED) is 0.388. The van der Waals surface area contributed by atoms with Crippen molar-refractivity contribution in [1.29, 1.82) is 0 Å². The molecule has 1 aliphatic heterocycles. The molecule has 1 aromatic rings. The second-order valence-electron chi connectivity index (χ2n) is 8.62. The van der Waals surface area contributed by atoms with Crippen molar-refractivity contribution in [1.82, 2.24) is 15.5 Å². The molecule has 0 aromatic heterocycles. The van der Waals surface area contributed by atoms with Crippen molar-refractivity contribution in [2.24, 2.45) is 10.9 Å². The third kappa shape index (κ3) is 6.92. The Morgan fingerprint density at radius 3 is 2.63 bits per heavy atom. The number of nitrogens with one attached hydrogen (secondary N) is 2. The number of likely N-dealkylation sites (tertiary alicyclic amines) is 1. The SMILES string of the molecule is CN=C(NCCCCOc1ccc(C)cc1)NC1CCN(C(=O)C2CCCCC2)C1. The first-order chi connectivity index (χ1) is 14.7. The Morgan fingerprint density at radius 2 is 1.90 bits per heavy atom. The Morgan fingerprint density at radius 1 is 1.13 bits per heavy atom. The molecule has 6 nitrogen and oxygen atoms in total. The van der Waals surface area contributed by atoms with Crippen LogP contribution in [-0.4, -0.2) is 56.1 Å². The number of aliphatic imine (C=N–C) groups is 1. The standard InChI is InChI=1S/C24H38N4O2/c1-19-10-12-22(13-11-19)30-17-7-6-15-26-24(25-2)27-21-14-16-28(18-21)23(29)20-8-4-3-5-9-20/h10-13,20-21H,3-9,14-18H2,1-2H3,(H2,25,26,27). The van der Waals surface area contributed by atoms with Crippen LogP contribution in [0.4, 0.5) is 0 Å². The topological polar surface area (TPSA) is 66.0 Å². The van der Waals surface area contributed by atoms with E-state index in [1.165, 1.54) is 24.8 Å². The van der Waals surface area contributed by atoms with Crippen LogP contribution in [0.3, 0.4) is 0 Å². The fourth-order valence-electron chi connectivity index (χ4n) is 4.33. The number of ether oxygens (including phenoxy) is 1. The van der Waals surface area contributed by atoms with Crippen LogP contribution >= 0.6 is 0 Å². The van der Waals surface area contributed by atoms with Crippen molar-refractivity contribution in [2.75, 3.05) is 33.3 Å². The highest BCUT2D eigenvalue weighted by molar-refractivity contribution is 5.81. The van der Waals surface area contributed by atoms with Crippen LogP contribution in [0.15, 0.2) is 29.3 Å². The molecule has 1 amide bonds. The maximum Gasteiger partial charge on any atom is 0.225 e. The molecule has 3 rings (SSSR count). The molecule has 1 aromatic carbocycles. The molecular formula is C24H38N4O2. The zero-order valence-corrected chi connectivity index (χ0v) is 18.7. The number of nitrogens with zero attached hydrogens (tertiary/aromatic N) is 2. The van der Waals surface area contributed by atoms with Crippen molar-refractivity contribution < 1.29 is 9.53 Å². The number of carbonyl (C=O) groups excluding carboxylic acids is 1. The normalized spacial score (nSPS) is 20.3. The zero-order valence-electron chi connectivity index (χ0n) is 18.7. The lowest BCUT2D eigenvalue weighted by atomic mass is 9.88. The summed E-state index contributed by atoms with van der Waals surface area (Å²) in [5.41, 5.74) is 1.24. The van der Waals surface area contributed by atoms with Gasteiger partial charge in [-0.3, -0.25) is 9.79 Å². The number of benzene rings is 1. The molecule has 1 aliphatic carbocycles. The van der Waals surface area contributed by atoms with Crippen molar-refractivity contribution in [3.8, 4) is 5.75 Å². The van der Waals surface area contributed by atoms with Gasteiger partial charge in [0.2, 0.25) is 5.91 Å². The molecule has 2 fully saturated rings. The van der Waals surface area contributed by atoms with E-state index >= 15 is 0 Å². The summed E-state index contributed by atoms with van der Waals surface area (Å²) in [6, 6.07) is 8.46. The van der Waals surface area contributed by atoms with E-state index in [-0.39, 0.29) is 12.0 Å². The van der Waals surface area contributed by atoms with Crippen LogP contribution in [0.25, 0.3) is 0 Å². The minimum atomic E-state index is 0.261. The minimum absolute atomic E-state index is 0.261. The summed E-state index contributed by atoms with van der Waals surface area (Å²) in [6.07, 6.45) is 8.84. The fourth-order valence-corrected chi connectivity index (χ4v) is 4.33. The number of guanidine groups is 1. The van der Waals surface area contributed by atoms with Gasteiger partial charge in [0.05, 0.1) is 6.61 Å². The number of rotatable bonds is 8. The second kappa shape index (κ2) is 11.8. The molecule has 0 spiro atoms. The van der Waals surface area contributed by atoms with Gasteiger partial charge in [-0.25, -0.2) is 0 Å². The largest absolute Gasteiger partial charge is 0.494 e. The zero-order chi connectivity index (χ0) is 21.2. The Kier molecular flexibility index (Phi) is 8.84. The molecular weight excluding hydrogens is 376 g/mol. The van der Waals surface area contributed by atoms with Gasteiger partial charge in [0.1, 0.15) is 5.75 Å². The van der Waals surface area contributed by atoms with Gasteiger partial charge in [0.15, 0.2) is 5.96 Å².